The molecule has 0 aromatic carbocycles. The van der Waals surface area contributed by atoms with Crippen LogP contribution in [0.1, 0.15) is 12.7 Å². The normalized spacial score (nSPS) is 8.82. The molecule has 58 valence electrons. The molecule has 1 rings (SSSR count). The van der Waals surface area contributed by atoms with Gasteiger partial charge in [-0.3, -0.25) is 5.32 Å². The van der Waals surface area contributed by atoms with Crippen LogP contribution >= 0.6 is 0 Å². The van der Waals surface area contributed by atoms with Gasteiger partial charge in [0.25, 0.3) is 0 Å². The van der Waals surface area contributed by atoms with Gasteiger partial charge in [0.2, 0.25) is 6.39 Å². The van der Waals surface area contributed by atoms with E-state index in [0.717, 1.165) is 0 Å². The molecule has 0 saturated heterocycles. The van der Waals surface area contributed by atoms with Gasteiger partial charge in [-0.25, -0.2) is 0 Å². The fourth-order valence-corrected chi connectivity index (χ4v) is 0.595. The topological polar surface area (TPSA) is 51.0 Å². The van der Waals surface area contributed by atoms with Gasteiger partial charge < -0.3 is 4.52 Å². The lowest BCUT2D eigenvalue weighted by molar-refractivity contribution is 0.408. The van der Waals surface area contributed by atoms with Crippen molar-refractivity contribution in [3.8, 4) is 11.8 Å². The summed E-state index contributed by atoms with van der Waals surface area (Å²) in [5.41, 5.74) is 0. The van der Waals surface area contributed by atoms with E-state index in [1.807, 2.05) is 0 Å². The van der Waals surface area contributed by atoms with E-state index in [4.69, 9.17) is 0 Å². The first kappa shape index (κ1) is 7.76. The molecule has 0 atom stereocenters. The summed E-state index contributed by atoms with van der Waals surface area (Å²) in [5, 5.41) is 6.65. The first-order chi connectivity index (χ1) is 5.43. The lowest BCUT2D eigenvalue weighted by Crippen LogP contribution is -2.13. The highest BCUT2D eigenvalue weighted by Gasteiger charge is 1.93. The lowest BCUT2D eigenvalue weighted by atomic mass is 10.5. The molecule has 1 N–H and O–H groups in total. The molecule has 0 aliphatic heterocycles. The first-order valence-corrected chi connectivity index (χ1v) is 3.29. The molecule has 0 saturated carbocycles. The number of hydrogen-bond donors (Lipinski definition) is 1. The molecule has 1 heterocycles. The van der Waals surface area contributed by atoms with Gasteiger partial charge in [0.15, 0.2) is 5.82 Å². The summed E-state index contributed by atoms with van der Waals surface area (Å²) < 4.78 is 4.53. The predicted molar refractivity (Wildman–Crippen MR) is 39.5 cm³/mol. The van der Waals surface area contributed by atoms with Crippen LogP contribution in [0.5, 0.6) is 0 Å². The molecule has 0 amide bonds. The second-order valence-electron chi connectivity index (χ2n) is 1.88. The van der Waals surface area contributed by atoms with Gasteiger partial charge in [-0.1, -0.05) is 11.1 Å². The van der Waals surface area contributed by atoms with E-state index < -0.39 is 0 Å². The maximum atomic E-state index is 4.53. The smallest absolute Gasteiger partial charge is 0.213 e. The number of nitrogens with one attached hydrogen (secondary N) is 1. The van der Waals surface area contributed by atoms with Gasteiger partial charge in [-0.2, -0.15) is 4.98 Å². The van der Waals surface area contributed by atoms with Crippen LogP contribution in [0.2, 0.25) is 0 Å². The Balaban J connectivity index is 2.17. The minimum absolute atomic E-state index is 0.602. The maximum absolute atomic E-state index is 4.53. The van der Waals surface area contributed by atoms with Crippen molar-refractivity contribution in [1.29, 1.82) is 0 Å². The van der Waals surface area contributed by atoms with E-state index >= 15 is 0 Å². The summed E-state index contributed by atoms with van der Waals surface area (Å²) in [6, 6.07) is 0. The molecule has 4 nitrogen and oxygen atoms in total. The summed E-state index contributed by atoms with van der Waals surface area (Å²) in [4.78, 5) is 3.83. The highest BCUT2D eigenvalue weighted by Crippen LogP contribution is 1.84. The summed E-state index contributed by atoms with van der Waals surface area (Å²) in [7, 11) is 0. The van der Waals surface area contributed by atoms with Crippen molar-refractivity contribution in [2.24, 2.45) is 0 Å². The van der Waals surface area contributed by atoms with Crippen molar-refractivity contribution < 1.29 is 4.52 Å². The Morgan fingerprint density at radius 2 is 2.64 bits per heavy atom. The minimum Gasteiger partial charge on any atom is -0.343 e. The van der Waals surface area contributed by atoms with E-state index in [1.165, 1.54) is 6.39 Å². The molecule has 1 aromatic rings. The van der Waals surface area contributed by atoms with Crippen LogP contribution in [-0.2, 0) is 6.54 Å². The van der Waals surface area contributed by atoms with Gasteiger partial charge in [0.1, 0.15) is 0 Å². The van der Waals surface area contributed by atoms with Crippen LogP contribution < -0.4 is 5.32 Å². The van der Waals surface area contributed by atoms with Crippen molar-refractivity contribution in [3.63, 3.8) is 0 Å². The third-order valence-electron chi connectivity index (χ3n) is 1.08. The SMILES string of the molecule is CC#CCNCc1ncon1. The lowest BCUT2D eigenvalue weighted by Gasteiger charge is -1.91. The Kier molecular flexibility index (Phi) is 3.16. The zero-order valence-electron chi connectivity index (χ0n) is 6.29. The maximum Gasteiger partial charge on any atom is 0.213 e. The van der Waals surface area contributed by atoms with Crippen molar-refractivity contribution in [3.05, 3.63) is 12.2 Å². The Labute approximate surface area is 65.0 Å². The summed E-state index contributed by atoms with van der Waals surface area (Å²) >= 11 is 0. The first-order valence-electron chi connectivity index (χ1n) is 3.29. The number of hydrogen-bond acceptors (Lipinski definition) is 4. The van der Waals surface area contributed by atoms with Crippen LogP contribution in [0.3, 0.4) is 0 Å². The molecule has 0 bridgehead atoms. The van der Waals surface area contributed by atoms with Gasteiger partial charge in [0, 0.05) is 0 Å². The van der Waals surface area contributed by atoms with Crippen molar-refractivity contribution in [2.45, 2.75) is 13.5 Å². The molecule has 0 aliphatic carbocycles. The highest BCUT2D eigenvalue weighted by atomic mass is 16.5. The molecule has 0 aliphatic rings. The fourth-order valence-electron chi connectivity index (χ4n) is 0.595. The summed E-state index contributed by atoms with van der Waals surface area (Å²) in [5.74, 6) is 6.29. The monoisotopic (exact) mass is 151 g/mol. The molecule has 11 heavy (non-hydrogen) atoms. The largest absolute Gasteiger partial charge is 0.343 e. The number of nitrogens with zero attached hydrogens (tertiary/aromatic N) is 2. The zero-order chi connectivity index (χ0) is 7.94. The van der Waals surface area contributed by atoms with Crippen LogP contribution in [0, 0.1) is 11.8 Å². The van der Waals surface area contributed by atoms with Crippen molar-refractivity contribution in [1.82, 2.24) is 15.5 Å². The van der Waals surface area contributed by atoms with Crippen LogP contribution in [0.25, 0.3) is 0 Å². The van der Waals surface area contributed by atoms with E-state index in [1.54, 1.807) is 6.92 Å². The molecule has 0 radical (unpaired) electrons. The molecular weight excluding hydrogens is 142 g/mol. The van der Waals surface area contributed by atoms with Crippen LogP contribution in [0.15, 0.2) is 10.9 Å². The zero-order valence-corrected chi connectivity index (χ0v) is 6.29. The third-order valence-corrected chi connectivity index (χ3v) is 1.08. The summed E-state index contributed by atoms with van der Waals surface area (Å²) in [6.07, 6.45) is 1.31. The van der Waals surface area contributed by atoms with Crippen molar-refractivity contribution in [2.75, 3.05) is 6.54 Å². The minimum atomic E-state index is 0.602. The molecule has 0 unspecified atom stereocenters. The van der Waals surface area contributed by atoms with E-state index in [0.29, 0.717) is 18.9 Å². The Morgan fingerprint density at radius 3 is 3.27 bits per heavy atom. The van der Waals surface area contributed by atoms with Crippen LogP contribution in [-0.4, -0.2) is 16.7 Å². The molecule has 0 spiro atoms. The molecule has 1 aromatic heterocycles. The third kappa shape index (κ3) is 2.83. The average molecular weight is 151 g/mol. The second kappa shape index (κ2) is 4.47. The quantitative estimate of drug-likeness (QED) is 0.494. The molecule has 0 fully saturated rings. The molecule has 4 heteroatoms. The van der Waals surface area contributed by atoms with Crippen LogP contribution in [0.4, 0.5) is 0 Å². The predicted octanol–water partition coefficient (Wildman–Crippen LogP) is 0.183. The van der Waals surface area contributed by atoms with Gasteiger partial charge in [-0.15, -0.1) is 5.92 Å². The van der Waals surface area contributed by atoms with Crippen molar-refractivity contribution >= 4 is 0 Å². The highest BCUT2D eigenvalue weighted by molar-refractivity contribution is 4.97. The standard InChI is InChI=1S/C7H9N3O/c1-2-3-4-8-5-7-9-6-11-10-7/h6,8H,4-5H2,1H3. The van der Waals surface area contributed by atoms with Gasteiger partial charge in [-0.05, 0) is 6.92 Å². The Hall–Kier alpha value is -1.34. The Bertz CT molecular complexity index is 244. The Morgan fingerprint density at radius 1 is 1.73 bits per heavy atom. The number of aromatic nitrogens is 2. The average Bonchev–Trinajstić information content (AvgIpc) is 2.50. The van der Waals surface area contributed by atoms with Gasteiger partial charge >= 0.3 is 0 Å². The van der Waals surface area contributed by atoms with E-state index in [2.05, 4.69) is 31.8 Å². The molecular formula is C7H9N3O. The summed E-state index contributed by atoms with van der Waals surface area (Å²) in [6.45, 7) is 3.06. The fraction of sp³-hybridized carbons (Fsp3) is 0.429. The van der Waals surface area contributed by atoms with E-state index in [9.17, 15) is 0 Å². The van der Waals surface area contributed by atoms with Gasteiger partial charge in [0.05, 0.1) is 13.1 Å². The van der Waals surface area contributed by atoms with E-state index in [-0.39, 0.29) is 0 Å². The number of rotatable bonds is 3. The second-order valence-corrected chi connectivity index (χ2v) is 1.88.